The molecule has 0 fully saturated rings. The van der Waals surface area contributed by atoms with Crippen molar-refractivity contribution in [2.24, 2.45) is 0 Å². The van der Waals surface area contributed by atoms with Gasteiger partial charge in [0.15, 0.2) is 0 Å². The molecule has 0 amide bonds. The molecule has 0 aliphatic rings. The molecule has 0 N–H and O–H groups in total. The van der Waals surface area contributed by atoms with E-state index in [1.54, 1.807) is 0 Å². The molecule has 1 rings (SSSR count). The number of hydrogen-bond acceptors (Lipinski definition) is 4. The number of ether oxygens (including phenoxy) is 1. The monoisotopic (exact) mass is 392 g/mol. The maximum absolute atomic E-state index is 11.0. The zero-order valence-corrected chi connectivity index (χ0v) is 19.7. The molecule has 0 bridgehead atoms. The van der Waals surface area contributed by atoms with Crippen molar-refractivity contribution in [1.29, 1.82) is 0 Å². The van der Waals surface area contributed by atoms with Gasteiger partial charge in [-0.25, -0.2) is 8.42 Å². The van der Waals surface area contributed by atoms with Crippen molar-refractivity contribution in [3.63, 3.8) is 0 Å². The van der Waals surface area contributed by atoms with Gasteiger partial charge in [0.2, 0.25) is 0 Å². The molecule has 26 heavy (non-hydrogen) atoms. The van der Waals surface area contributed by atoms with Gasteiger partial charge in [-0.05, 0) is 50.2 Å². The second-order valence-corrected chi connectivity index (χ2v) is 8.55. The molecule has 1 unspecified atom stereocenters. The van der Waals surface area contributed by atoms with Gasteiger partial charge >= 0.3 is 29.6 Å². The summed E-state index contributed by atoms with van der Waals surface area (Å²) in [7, 11) is -4.24. The van der Waals surface area contributed by atoms with Crippen molar-refractivity contribution in [3.05, 3.63) is 29.3 Å². The minimum atomic E-state index is -4.24. The van der Waals surface area contributed by atoms with Crippen LogP contribution in [0.25, 0.3) is 0 Å². The standard InChI is InChI=1S/C20H34O4S.Na/c1-4-6-8-11-18-13-10-14-19(12-9-7-5-2)20(18)24-16-15-17(3)25(21,22)23;/h10,13-14,17H,4-9,11-12,15-16H2,1-3H3,(H,21,22,23);/q;+1/p-1. The van der Waals surface area contributed by atoms with Crippen LogP contribution in [0.1, 0.15) is 76.8 Å². The van der Waals surface area contributed by atoms with Crippen molar-refractivity contribution in [1.82, 2.24) is 0 Å². The molecule has 0 saturated carbocycles. The van der Waals surface area contributed by atoms with Gasteiger partial charge in [-0.1, -0.05) is 57.7 Å². The van der Waals surface area contributed by atoms with E-state index in [1.807, 2.05) is 0 Å². The Labute approximate surface area is 182 Å². The molecule has 1 aromatic rings. The molecule has 4 nitrogen and oxygen atoms in total. The first-order chi connectivity index (χ1) is 11.9. The molecule has 0 radical (unpaired) electrons. The molecule has 0 spiro atoms. The van der Waals surface area contributed by atoms with Crippen LogP contribution in [0.15, 0.2) is 18.2 Å². The van der Waals surface area contributed by atoms with Gasteiger partial charge in [-0.3, -0.25) is 0 Å². The third-order valence-electron chi connectivity index (χ3n) is 4.54. The molecule has 0 aliphatic carbocycles. The Balaban J connectivity index is 0.00000625. The molecule has 1 aromatic carbocycles. The van der Waals surface area contributed by atoms with E-state index in [2.05, 4.69) is 32.0 Å². The summed E-state index contributed by atoms with van der Waals surface area (Å²) >= 11 is 0. The predicted molar refractivity (Wildman–Crippen MR) is 102 cm³/mol. The van der Waals surface area contributed by atoms with Gasteiger partial charge in [0.25, 0.3) is 0 Å². The van der Waals surface area contributed by atoms with Crippen LogP contribution in [0.4, 0.5) is 0 Å². The van der Waals surface area contributed by atoms with Gasteiger partial charge in [0.05, 0.1) is 16.7 Å². The predicted octanol–water partition coefficient (Wildman–Crippen LogP) is 1.86. The van der Waals surface area contributed by atoms with E-state index in [1.165, 1.54) is 43.7 Å². The Morgan fingerprint density at radius 2 is 1.50 bits per heavy atom. The van der Waals surface area contributed by atoms with E-state index < -0.39 is 15.4 Å². The topological polar surface area (TPSA) is 66.4 Å². The first-order valence-corrected chi connectivity index (χ1v) is 11.1. The van der Waals surface area contributed by atoms with Gasteiger partial charge < -0.3 is 9.29 Å². The molecule has 0 heterocycles. The van der Waals surface area contributed by atoms with Gasteiger partial charge in [-0.15, -0.1) is 0 Å². The third kappa shape index (κ3) is 9.75. The summed E-state index contributed by atoms with van der Waals surface area (Å²) in [6, 6.07) is 6.28. The van der Waals surface area contributed by atoms with E-state index in [0.717, 1.165) is 31.4 Å². The summed E-state index contributed by atoms with van der Waals surface area (Å²) in [5.41, 5.74) is 2.39. The number of unbranched alkanes of at least 4 members (excludes halogenated alkanes) is 4. The second-order valence-electron chi connectivity index (χ2n) is 6.76. The van der Waals surface area contributed by atoms with Crippen LogP contribution in [-0.4, -0.2) is 24.8 Å². The first-order valence-electron chi connectivity index (χ1n) is 9.58. The van der Waals surface area contributed by atoms with Crippen molar-refractivity contribution in [2.45, 2.75) is 83.8 Å². The van der Waals surface area contributed by atoms with E-state index in [-0.39, 0.29) is 42.6 Å². The molecular weight excluding hydrogens is 359 g/mol. The van der Waals surface area contributed by atoms with Gasteiger partial charge in [-0.2, -0.15) is 0 Å². The number of rotatable bonds is 13. The van der Waals surface area contributed by atoms with Crippen molar-refractivity contribution in [3.8, 4) is 5.75 Å². The summed E-state index contributed by atoms with van der Waals surface area (Å²) in [6.07, 6.45) is 9.13. The Morgan fingerprint density at radius 1 is 1.00 bits per heavy atom. The number of aryl methyl sites for hydroxylation is 2. The normalized spacial score (nSPS) is 12.5. The number of para-hydroxylation sites is 1. The largest absolute Gasteiger partial charge is 1.00 e. The minimum absolute atomic E-state index is 0. The quantitative estimate of drug-likeness (QED) is 0.292. The van der Waals surface area contributed by atoms with Crippen LogP contribution in [0.5, 0.6) is 5.75 Å². The number of hydrogen-bond donors (Lipinski definition) is 0. The Bertz CT molecular complexity index is 574. The summed E-state index contributed by atoms with van der Waals surface area (Å²) in [5, 5.41) is -0.914. The number of benzene rings is 1. The molecule has 0 saturated heterocycles. The van der Waals surface area contributed by atoms with Crippen LogP contribution < -0.4 is 34.3 Å². The van der Waals surface area contributed by atoms with Gasteiger partial charge in [0, 0.05) is 5.25 Å². The molecular formula is C20H33NaO4S. The van der Waals surface area contributed by atoms with Crippen molar-refractivity contribution in [2.75, 3.05) is 6.61 Å². The van der Waals surface area contributed by atoms with E-state index in [9.17, 15) is 13.0 Å². The molecule has 0 aromatic heterocycles. The molecule has 1 atom stereocenters. The SMILES string of the molecule is CCCCCc1cccc(CCCCC)c1OCCC(C)S(=O)(=O)[O-].[Na+]. The maximum atomic E-state index is 11.0. The molecule has 6 heteroatoms. The zero-order valence-electron chi connectivity index (χ0n) is 16.9. The van der Waals surface area contributed by atoms with Crippen LogP contribution in [0.3, 0.4) is 0 Å². The Hall–Kier alpha value is -0.0700. The molecule has 144 valence electrons. The fourth-order valence-corrected chi connectivity index (χ4v) is 3.20. The summed E-state index contributed by atoms with van der Waals surface area (Å²) in [4.78, 5) is 0. The van der Waals surface area contributed by atoms with Crippen LogP contribution in [0, 0.1) is 0 Å². The van der Waals surface area contributed by atoms with Crippen LogP contribution in [-0.2, 0) is 23.0 Å². The third-order valence-corrected chi connectivity index (χ3v) is 5.76. The summed E-state index contributed by atoms with van der Waals surface area (Å²) in [6.45, 7) is 6.07. The van der Waals surface area contributed by atoms with E-state index >= 15 is 0 Å². The second kappa shape index (κ2) is 14.0. The zero-order chi connectivity index (χ0) is 18.7. The van der Waals surface area contributed by atoms with E-state index in [4.69, 9.17) is 4.74 Å². The first kappa shape index (κ1) is 25.9. The van der Waals surface area contributed by atoms with E-state index in [0.29, 0.717) is 0 Å². The smallest absolute Gasteiger partial charge is 0.748 e. The van der Waals surface area contributed by atoms with Crippen LogP contribution in [0.2, 0.25) is 0 Å². The fraction of sp³-hybridized carbons (Fsp3) is 0.700. The van der Waals surface area contributed by atoms with Gasteiger partial charge in [0.1, 0.15) is 5.75 Å². The summed E-state index contributed by atoms with van der Waals surface area (Å²) < 4.78 is 39.1. The Kier molecular flexibility index (Phi) is 14.0. The maximum Gasteiger partial charge on any atom is 1.00 e. The fourth-order valence-electron chi connectivity index (χ4n) is 2.82. The average molecular weight is 393 g/mol. The summed E-state index contributed by atoms with van der Waals surface area (Å²) in [5.74, 6) is 0.908. The molecule has 0 aliphatic heterocycles. The van der Waals surface area contributed by atoms with Crippen molar-refractivity contribution >= 4 is 10.1 Å². The minimum Gasteiger partial charge on any atom is -0.748 e. The average Bonchev–Trinajstić information content (AvgIpc) is 2.56. The van der Waals surface area contributed by atoms with Crippen LogP contribution >= 0.6 is 0 Å². The Morgan fingerprint density at radius 3 is 1.92 bits per heavy atom. The van der Waals surface area contributed by atoms with Crippen molar-refractivity contribution < 1.29 is 47.3 Å².